The average molecular weight is 549 g/mol. The van der Waals surface area contributed by atoms with Crippen molar-refractivity contribution in [3.8, 4) is 0 Å². The average Bonchev–Trinajstić information content (AvgIpc) is 2.98. The van der Waals surface area contributed by atoms with E-state index in [1.165, 1.54) is 67.3 Å². The molecule has 0 atom stereocenters. The van der Waals surface area contributed by atoms with Gasteiger partial charge in [-0.2, -0.15) is 0 Å². The van der Waals surface area contributed by atoms with E-state index in [4.69, 9.17) is 0 Å². The molecule has 0 aliphatic carbocycles. The van der Waals surface area contributed by atoms with Gasteiger partial charge in [0.25, 0.3) is 0 Å². The van der Waals surface area contributed by atoms with Crippen molar-refractivity contribution >= 4 is 22.7 Å². The molecule has 0 aliphatic heterocycles. The minimum absolute atomic E-state index is 0.801. The number of anilines is 4. The quantitative estimate of drug-likeness (QED) is 0.127. The van der Waals surface area contributed by atoms with E-state index in [9.17, 15) is 0 Å². The van der Waals surface area contributed by atoms with Crippen LogP contribution in [-0.2, 0) is 32.4 Å². The topological polar surface area (TPSA) is 48.1 Å². The smallest absolute Gasteiger partial charge is 0.0401 e. The fourth-order valence-electron chi connectivity index (χ4n) is 5.51. The maximum Gasteiger partial charge on any atom is 0.0401 e. The molecule has 4 aromatic carbocycles. The number of hydrogen-bond donors (Lipinski definition) is 4. The maximum absolute atomic E-state index is 3.70. The summed E-state index contributed by atoms with van der Waals surface area (Å²) in [6.07, 6.45) is 2.91. The van der Waals surface area contributed by atoms with Gasteiger partial charge in [0.15, 0.2) is 0 Å². The zero-order valence-corrected chi connectivity index (χ0v) is 25.9. The normalized spacial score (nSPS) is 10.9. The van der Waals surface area contributed by atoms with E-state index in [-0.39, 0.29) is 0 Å². The van der Waals surface area contributed by atoms with Crippen molar-refractivity contribution in [1.82, 2.24) is 0 Å². The molecule has 4 N–H and O–H groups in total. The van der Waals surface area contributed by atoms with E-state index in [2.05, 4.69) is 136 Å². The van der Waals surface area contributed by atoms with Gasteiger partial charge in [-0.15, -0.1) is 0 Å². The third-order valence-corrected chi connectivity index (χ3v) is 7.70. The first-order valence-electron chi connectivity index (χ1n) is 15.3. The standard InChI is InChI=1S/C37H48N4/c1-7-30-19-26(5)11-15-34(30)40-24-28-13-17-36(38-9-3)32(21-28)23-33-22-29(14-18-37(33)39-10-4)25-41-35-16-12-27(6)20-31(35)8-2/h11-22,38-41H,7-10,23-25H2,1-6H3. The highest BCUT2D eigenvalue weighted by molar-refractivity contribution is 5.61. The monoisotopic (exact) mass is 548 g/mol. The molecule has 0 bridgehead atoms. The fourth-order valence-corrected chi connectivity index (χ4v) is 5.51. The van der Waals surface area contributed by atoms with Crippen LogP contribution in [0.25, 0.3) is 0 Å². The van der Waals surface area contributed by atoms with Crippen LogP contribution in [0.5, 0.6) is 0 Å². The van der Waals surface area contributed by atoms with E-state index in [0.717, 1.165) is 45.4 Å². The lowest BCUT2D eigenvalue weighted by Crippen LogP contribution is -2.08. The first-order chi connectivity index (χ1) is 19.9. The third kappa shape index (κ3) is 8.07. The number of hydrogen-bond acceptors (Lipinski definition) is 4. The van der Waals surface area contributed by atoms with Crippen LogP contribution in [0.2, 0.25) is 0 Å². The van der Waals surface area contributed by atoms with Crippen LogP contribution >= 0.6 is 0 Å². The molecule has 41 heavy (non-hydrogen) atoms. The first-order valence-corrected chi connectivity index (χ1v) is 15.3. The van der Waals surface area contributed by atoms with Crippen LogP contribution in [0.1, 0.15) is 72.2 Å². The summed E-state index contributed by atoms with van der Waals surface area (Å²) >= 11 is 0. The van der Waals surface area contributed by atoms with Crippen molar-refractivity contribution < 1.29 is 0 Å². The van der Waals surface area contributed by atoms with Gasteiger partial charge in [0.2, 0.25) is 0 Å². The lowest BCUT2D eigenvalue weighted by molar-refractivity contribution is 1.06. The highest BCUT2D eigenvalue weighted by Gasteiger charge is 2.11. The lowest BCUT2D eigenvalue weighted by Gasteiger charge is -2.18. The summed E-state index contributed by atoms with van der Waals surface area (Å²) in [6, 6.07) is 27.1. The SMILES string of the molecule is CCNc1ccc(CNc2ccc(C)cc2CC)cc1Cc1cc(CNc2ccc(C)cc2CC)ccc1NCC. The molecule has 0 saturated heterocycles. The summed E-state index contributed by atoms with van der Waals surface area (Å²) in [4.78, 5) is 0. The van der Waals surface area contributed by atoms with Gasteiger partial charge in [-0.25, -0.2) is 0 Å². The van der Waals surface area contributed by atoms with Crippen molar-refractivity contribution in [2.24, 2.45) is 0 Å². The van der Waals surface area contributed by atoms with Gasteiger partial charge in [0.05, 0.1) is 0 Å². The number of nitrogens with one attached hydrogen (secondary N) is 4. The second-order valence-corrected chi connectivity index (χ2v) is 11.0. The van der Waals surface area contributed by atoms with E-state index in [1.807, 2.05) is 0 Å². The second-order valence-electron chi connectivity index (χ2n) is 11.0. The summed E-state index contributed by atoms with van der Waals surface area (Å²) in [7, 11) is 0. The van der Waals surface area contributed by atoms with E-state index in [1.54, 1.807) is 0 Å². The molecular weight excluding hydrogens is 500 g/mol. The van der Waals surface area contributed by atoms with Crippen LogP contribution in [0.15, 0.2) is 72.8 Å². The molecule has 0 unspecified atom stereocenters. The molecule has 0 aliphatic rings. The van der Waals surface area contributed by atoms with Crippen LogP contribution < -0.4 is 21.3 Å². The Morgan fingerprint density at radius 2 is 0.829 bits per heavy atom. The molecule has 0 saturated carbocycles. The molecule has 4 heteroatoms. The zero-order chi connectivity index (χ0) is 29.2. The van der Waals surface area contributed by atoms with Gasteiger partial charge >= 0.3 is 0 Å². The minimum atomic E-state index is 0.801. The molecule has 216 valence electrons. The highest BCUT2D eigenvalue weighted by atomic mass is 14.9. The lowest BCUT2D eigenvalue weighted by atomic mass is 9.97. The summed E-state index contributed by atoms with van der Waals surface area (Å²) in [6.45, 7) is 16.5. The van der Waals surface area contributed by atoms with Crippen molar-refractivity contribution in [3.05, 3.63) is 117 Å². The Hall–Kier alpha value is -3.92. The Morgan fingerprint density at radius 3 is 1.22 bits per heavy atom. The van der Waals surface area contributed by atoms with Crippen molar-refractivity contribution in [1.29, 1.82) is 0 Å². The van der Waals surface area contributed by atoms with Crippen LogP contribution in [0.4, 0.5) is 22.7 Å². The van der Waals surface area contributed by atoms with Gasteiger partial charge in [0.1, 0.15) is 0 Å². The molecular formula is C37H48N4. The molecule has 4 aromatic rings. The summed E-state index contributed by atoms with van der Waals surface area (Å²) < 4.78 is 0. The predicted octanol–water partition coefficient (Wildman–Crippen LogP) is 9.11. The summed E-state index contributed by atoms with van der Waals surface area (Å²) in [5, 5.41) is 14.6. The van der Waals surface area contributed by atoms with Gasteiger partial charge in [0, 0.05) is 55.3 Å². The molecule has 0 fully saturated rings. The van der Waals surface area contributed by atoms with Crippen molar-refractivity contribution in [2.75, 3.05) is 34.4 Å². The second kappa shape index (κ2) is 14.6. The Morgan fingerprint density at radius 1 is 0.439 bits per heavy atom. The van der Waals surface area contributed by atoms with Gasteiger partial charge < -0.3 is 21.3 Å². The fraction of sp³-hybridized carbons (Fsp3) is 0.351. The van der Waals surface area contributed by atoms with Gasteiger partial charge in [-0.3, -0.25) is 0 Å². The van der Waals surface area contributed by atoms with Crippen molar-refractivity contribution in [2.45, 2.75) is 73.9 Å². The first kappa shape index (κ1) is 30.0. The van der Waals surface area contributed by atoms with Crippen LogP contribution in [0.3, 0.4) is 0 Å². The molecule has 4 rings (SSSR count). The number of aryl methyl sites for hydroxylation is 4. The Bertz CT molecular complexity index is 1330. The van der Waals surface area contributed by atoms with Gasteiger partial charge in [-0.1, -0.05) is 73.5 Å². The maximum atomic E-state index is 3.70. The largest absolute Gasteiger partial charge is 0.385 e. The van der Waals surface area contributed by atoms with Crippen LogP contribution in [0, 0.1) is 13.8 Å². The van der Waals surface area contributed by atoms with Crippen LogP contribution in [-0.4, -0.2) is 13.1 Å². The molecule has 0 radical (unpaired) electrons. The van der Waals surface area contributed by atoms with E-state index < -0.39 is 0 Å². The van der Waals surface area contributed by atoms with Gasteiger partial charge in [-0.05, 0) is 98.2 Å². The molecule has 0 heterocycles. The minimum Gasteiger partial charge on any atom is -0.385 e. The summed E-state index contributed by atoms with van der Waals surface area (Å²) in [5.41, 5.74) is 15.4. The number of rotatable bonds is 14. The number of benzene rings is 4. The van der Waals surface area contributed by atoms with E-state index >= 15 is 0 Å². The Labute approximate surface area is 248 Å². The Kier molecular flexibility index (Phi) is 10.7. The predicted molar refractivity (Wildman–Crippen MR) is 180 cm³/mol. The molecule has 0 aromatic heterocycles. The Balaban J connectivity index is 1.57. The molecule has 0 amide bonds. The summed E-state index contributed by atoms with van der Waals surface area (Å²) in [5.74, 6) is 0. The third-order valence-electron chi connectivity index (χ3n) is 7.70. The van der Waals surface area contributed by atoms with E-state index in [0.29, 0.717) is 0 Å². The zero-order valence-electron chi connectivity index (χ0n) is 25.9. The van der Waals surface area contributed by atoms with Crippen molar-refractivity contribution in [3.63, 3.8) is 0 Å². The molecule has 0 spiro atoms. The molecule has 4 nitrogen and oxygen atoms in total. The highest BCUT2D eigenvalue weighted by Crippen LogP contribution is 2.28.